The molecule has 5 aliphatic heterocycles. The third-order valence-corrected chi connectivity index (χ3v) is 10.2. The van der Waals surface area contributed by atoms with E-state index in [-0.39, 0.29) is 11.5 Å². The zero-order valence-electron chi connectivity index (χ0n) is 22.4. The summed E-state index contributed by atoms with van der Waals surface area (Å²) in [7, 11) is 0. The van der Waals surface area contributed by atoms with Gasteiger partial charge >= 0.3 is 0 Å². The number of fused-ring (bicyclic) bond motifs is 7. The Hall–Kier alpha value is -3.84. The third-order valence-electron chi connectivity index (χ3n) is 10.2. The maximum atomic E-state index is 13.4. The van der Waals surface area contributed by atoms with Crippen LogP contribution in [-0.4, -0.2) is 94.6 Å². The van der Waals surface area contributed by atoms with Crippen LogP contribution in [0.3, 0.4) is 0 Å². The van der Waals surface area contributed by atoms with Crippen LogP contribution in [0.5, 0.6) is 0 Å². The van der Waals surface area contributed by atoms with Gasteiger partial charge in [-0.3, -0.25) is 14.1 Å². The van der Waals surface area contributed by atoms with Gasteiger partial charge in [0.25, 0.3) is 0 Å². The van der Waals surface area contributed by atoms with Gasteiger partial charge in [-0.25, -0.2) is 0 Å². The van der Waals surface area contributed by atoms with Crippen molar-refractivity contribution in [3.05, 3.63) is 64.3 Å². The van der Waals surface area contributed by atoms with Crippen molar-refractivity contribution in [2.24, 2.45) is 5.92 Å². The van der Waals surface area contributed by atoms with Crippen molar-refractivity contribution in [1.82, 2.24) is 4.90 Å². The first-order valence-corrected chi connectivity index (χ1v) is 14.0. The number of aliphatic hydroxyl groups excluding tert-OH is 1. The number of benzene rings is 2. The molecular weight excluding hydrogens is 508 g/mol. The van der Waals surface area contributed by atoms with E-state index >= 15 is 0 Å². The molecule has 0 aromatic heterocycles. The van der Waals surface area contributed by atoms with E-state index in [0.29, 0.717) is 35.2 Å². The predicted molar refractivity (Wildman–Crippen MR) is 142 cm³/mol. The maximum absolute atomic E-state index is 13.4. The lowest BCUT2D eigenvalue weighted by atomic mass is 9.82. The van der Waals surface area contributed by atoms with Crippen LogP contribution in [0.15, 0.2) is 42.1 Å². The van der Waals surface area contributed by atoms with Gasteiger partial charge in [0.05, 0.1) is 29.7 Å². The van der Waals surface area contributed by atoms with Crippen molar-refractivity contribution in [3.8, 4) is 17.2 Å². The number of rotatable bonds is 6. The van der Waals surface area contributed by atoms with Crippen LogP contribution >= 0.6 is 0 Å². The van der Waals surface area contributed by atoms with E-state index < -0.39 is 29.9 Å². The summed E-state index contributed by atoms with van der Waals surface area (Å²) in [6.07, 6.45) is -0.549. The Balaban J connectivity index is 1.18. The second-order valence-electron chi connectivity index (χ2n) is 12.3. The third kappa shape index (κ3) is 3.46. The van der Waals surface area contributed by atoms with Crippen LogP contribution < -0.4 is 5.11 Å². The normalized spacial score (nSPS) is 30.5. The minimum atomic E-state index is -1.41. The van der Waals surface area contributed by atoms with E-state index in [0.717, 1.165) is 71.5 Å². The summed E-state index contributed by atoms with van der Waals surface area (Å²) in [4.78, 5) is 39.4. The minimum Gasteiger partial charge on any atom is -0.543 e. The molecule has 2 aromatic carbocycles. The summed E-state index contributed by atoms with van der Waals surface area (Å²) in [6.45, 7) is 9.21. The summed E-state index contributed by atoms with van der Waals surface area (Å²) in [5, 5.41) is 31.4. The summed E-state index contributed by atoms with van der Waals surface area (Å²) in [6, 6.07) is 13.4. The molecule has 8 rings (SSSR count). The molecule has 204 valence electrons. The SMILES string of the molecule is C[C@@H](O)[C@H]1C(=O)N2C(C(=O)[O-])=C(c3ccc4c(c3)-c3ccc(C[N+]56CC[N+](CC#N)(CC5)CC6)cc3C4=O)C[C@H]12. The van der Waals surface area contributed by atoms with Crippen LogP contribution in [0.25, 0.3) is 16.7 Å². The van der Waals surface area contributed by atoms with Gasteiger partial charge in [-0.1, -0.05) is 18.2 Å². The highest BCUT2D eigenvalue weighted by molar-refractivity contribution is 6.22. The molecule has 0 saturated carbocycles. The van der Waals surface area contributed by atoms with Crippen LogP contribution in [0.1, 0.15) is 40.4 Å². The van der Waals surface area contributed by atoms with Crippen LogP contribution in [-0.2, 0) is 16.1 Å². The molecule has 0 spiro atoms. The lowest BCUT2D eigenvalue weighted by molar-refractivity contribution is -1.08. The van der Waals surface area contributed by atoms with Crippen LogP contribution in [0.2, 0.25) is 0 Å². The highest BCUT2D eigenvalue weighted by Gasteiger charge is 2.55. The summed E-state index contributed by atoms with van der Waals surface area (Å²) < 4.78 is 1.92. The number of hydrogen-bond donors (Lipinski definition) is 1. The van der Waals surface area contributed by atoms with Gasteiger partial charge in [0.15, 0.2) is 12.3 Å². The first-order chi connectivity index (χ1) is 19.2. The molecule has 1 amide bonds. The highest BCUT2D eigenvalue weighted by atomic mass is 16.4. The van der Waals surface area contributed by atoms with Gasteiger partial charge in [0.1, 0.15) is 51.9 Å². The zero-order chi connectivity index (χ0) is 28.0. The number of carboxylic acid groups (broad SMARTS) is 1. The van der Waals surface area contributed by atoms with Gasteiger partial charge in [-0.15, -0.1) is 0 Å². The van der Waals surface area contributed by atoms with Gasteiger partial charge in [-0.2, -0.15) is 5.26 Å². The molecular formula is C31H31N4O5+. The van der Waals surface area contributed by atoms with Crippen molar-refractivity contribution in [1.29, 1.82) is 5.26 Å². The highest BCUT2D eigenvalue weighted by Crippen LogP contribution is 2.48. The van der Waals surface area contributed by atoms with Gasteiger partial charge in [0, 0.05) is 16.7 Å². The zero-order valence-corrected chi connectivity index (χ0v) is 22.4. The average molecular weight is 540 g/mol. The van der Waals surface area contributed by atoms with Gasteiger partial charge < -0.3 is 24.4 Å². The lowest BCUT2D eigenvalue weighted by Crippen LogP contribution is -2.74. The molecule has 4 saturated heterocycles. The van der Waals surface area contributed by atoms with E-state index in [1.165, 1.54) is 4.90 Å². The minimum absolute atomic E-state index is 0.0333. The first kappa shape index (κ1) is 25.1. The average Bonchev–Trinajstić information content (AvgIpc) is 3.42. The summed E-state index contributed by atoms with van der Waals surface area (Å²) in [5.41, 5.74) is 5.00. The molecule has 5 heterocycles. The quantitative estimate of drug-likeness (QED) is 0.279. The maximum Gasteiger partial charge on any atom is 0.235 e. The molecule has 3 atom stereocenters. The molecule has 2 bridgehead atoms. The summed E-state index contributed by atoms with van der Waals surface area (Å²) in [5.74, 6) is -2.47. The number of nitriles is 1. The molecule has 6 aliphatic rings. The number of ketones is 1. The smallest absolute Gasteiger partial charge is 0.235 e. The van der Waals surface area contributed by atoms with Gasteiger partial charge in [-0.05, 0) is 53.8 Å². The van der Waals surface area contributed by atoms with Crippen LogP contribution in [0.4, 0.5) is 0 Å². The van der Waals surface area contributed by atoms with Crippen molar-refractivity contribution in [3.63, 3.8) is 0 Å². The number of aliphatic hydroxyl groups is 1. The fourth-order valence-corrected chi connectivity index (χ4v) is 7.88. The summed E-state index contributed by atoms with van der Waals surface area (Å²) >= 11 is 0. The molecule has 40 heavy (non-hydrogen) atoms. The van der Waals surface area contributed by atoms with Crippen LogP contribution in [0, 0.1) is 17.2 Å². The lowest BCUT2D eigenvalue weighted by Gasteiger charge is -2.54. The van der Waals surface area contributed by atoms with Crippen molar-refractivity contribution in [2.45, 2.75) is 32.0 Å². The van der Waals surface area contributed by atoms with Crippen molar-refractivity contribution >= 4 is 23.2 Å². The number of amides is 1. The molecule has 0 radical (unpaired) electrons. The van der Waals surface area contributed by atoms with Crippen molar-refractivity contribution in [2.75, 3.05) is 45.8 Å². The molecule has 9 nitrogen and oxygen atoms in total. The molecule has 2 aromatic rings. The Morgan fingerprint density at radius 1 is 1.02 bits per heavy atom. The fraction of sp³-hybridized carbons (Fsp3) is 0.419. The van der Waals surface area contributed by atoms with E-state index in [4.69, 9.17) is 0 Å². The Bertz CT molecular complexity index is 1560. The number of nitrogens with zero attached hydrogens (tertiary/aromatic N) is 4. The number of β-lactam (4-membered cyclic amide) rings is 1. The number of aliphatic carboxylic acids is 1. The number of carboxylic acids is 1. The van der Waals surface area contributed by atoms with E-state index in [9.17, 15) is 29.9 Å². The van der Waals surface area contributed by atoms with E-state index in [1.807, 2.05) is 18.2 Å². The number of piperazine rings is 3. The molecule has 1 N–H and O–H groups in total. The second kappa shape index (κ2) is 8.58. The molecule has 0 unspecified atom stereocenters. The fourth-order valence-electron chi connectivity index (χ4n) is 7.88. The standard InChI is InChI=1S/C31H31N4O5/c1-18(36)27-26-16-23(28(31(39)40)33(26)30(27)38)20-3-5-22-24(15-20)21-4-2-19(14-25(21)29(22)37)17-35-11-8-34(7-6-32,9-12-35)10-13-35/h2-5,14-15,18,26-27,36H,7-13,16-17H2,1H3/q+1/t18-,26-,27-,34?,35?/m1/s1. The second-order valence-corrected chi connectivity index (χ2v) is 12.3. The van der Waals surface area contributed by atoms with Crippen molar-refractivity contribution < 1.29 is 33.6 Å². The Morgan fingerprint density at radius 3 is 2.35 bits per heavy atom. The number of carbonyl (C=O) groups is 3. The topological polar surface area (TPSA) is 122 Å². The first-order valence-electron chi connectivity index (χ1n) is 14.0. The molecule has 1 aliphatic carbocycles. The largest absolute Gasteiger partial charge is 0.543 e. The number of carbonyl (C=O) groups excluding carboxylic acids is 3. The molecule has 9 heteroatoms. The number of hydrogen-bond acceptors (Lipinski definition) is 6. The van der Waals surface area contributed by atoms with E-state index in [2.05, 4.69) is 12.1 Å². The Morgan fingerprint density at radius 2 is 1.70 bits per heavy atom. The van der Waals surface area contributed by atoms with Gasteiger partial charge in [0.2, 0.25) is 5.91 Å². The monoisotopic (exact) mass is 539 g/mol. The van der Waals surface area contributed by atoms with E-state index in [1.54, 1.807) is 19.1 Å². The Kier molecular flexibility index (Phi) is 5.39. The number of quaternary nitrogens is 2. The predicted octanol–water partition coefficient (Wildman–Crippen LogP) is 0.655. The Labute approximate surface area is 232 Å². The molecule has 4 fully saturated rings.